The van der Waals surface area contributed by atoms with Gasteiger partial charge in [0.2, 0.25) is 11.8 Å². The van der Waals surface area contributed by atoms with Crippen molar-refractivity contribution in [1.82, 2.24) is 9.80 Å². The van der Waals surface area contributed by atoms with Crippen LogP contribution in [0.15, 0.2) is 0 Å². The fourth-order valence-corrected chi connectivity index (χ4v) is 2.05. The number of carbonyl (C=O) groups excluding carboxylic acids is 2. The first-order chi connectivity index (χ1) is 8.00. The second-order valence-electron chi connectivity index (χ2n) is 5.17. The van der Waals surface area contributed by atoms with E-state index in [1.54, 1.807) is 6.92 Å². The summed E-state index contributed by atoms with van der Waals surface area (Å²) in [6, 6.07) is 0. The molecule has 98 valence electrons. The second kappa shape index (κ2) is 6.62. The molecule has 0 aromatic heterocycles. The van der Waals surface area contributed by atoms with Crippen LogP contribution in [0.1, 0.15) is 40.0 Å². The summed E-state index contributed by atoms with van der Waals surface area (Å²) in [7, 11) is 0. The smallest absolute Gasteiger partial charge is 0.222 e. The molecule has 4 heteroatoms. The monoisotopic (exact) mass is 240 g/mol. The first-order valence-electron chi connectivity index (χ1n) is 6.54. The van der Waals surface area contributed by atoms with Crippen LogP contribution in [0, 0.1) is 5.92 Å². The summed E-state index contributed by atoms with van der Waals surface area (Å²) >= 11 is 0. The molecular formula is C13H24N2O2. The molecule has 0 aromatic rings. The van der Waals surface area contributed by atoms with Gasteiger partial charge in [-0.1, -0.05) is 13.8 Å². The van der Waals surface area contributed by atoms with E-state index in [4.69, 9.17) is 0 Å². The molecule has 4 nitrogen and oxygen atoms in total. The third kappa shape index (κ3) is 4.75. The maximum Gasteiger partial charge on any atom is 0.222 e. The van der Waals surface area contributed by atoms with Crippen molar-refractivity contribution in [1.29, 1.82) is 0 Å². The first kappa shape index (κ1) is 14.0. The lowest BCUT2D eigenvalue weighted by molar-refractivity contribution is -0.132. The zero-order valence-electron chi connectivity index (χ0n) is 11.2. The van der Waals surface area contributed by atoms with Crippen molar-refractivity contribution in [2.24, 2.45) is 5.92 Å². The molecular weight excluding hydrogens is 216 g/mol. The molecule has 1 rings (SSSR count). The Balaban J connectivity index is 2.40. The van der Waals surface area contributed by atoms with Crippen LogP contribution in [0.3, 0.4) is 0 Å². The van der Waals surface area contributed by atoms with Crippen molar-refractivity contribution in [3.63, 3.8) is 0 Å². The third-order valence-electron chi connectivity index (χ3n) is 3.23. The Morgan fingerprint density at radius 2 is 1.65 bits per heavy atom. The standard InChI is InChI=1S/C13H24N2O2/c1-11(2)5-6-13(17)15-8-4-7-14(9-10-15)12(3)16/h11H,4-10H2,1-3H3. The molecule has 2 amide bonds. The van der Waals surface area contributed by atoms with Gasteiger partial charge in [-0.05, 0) is 18.8 Å². The van der Waals surface area contributed by atoms with Gasteiger partial charge in [-0.15, -0.1) is 0 Å². The minimum Gasteiger partial charge on any atom is -0.341 e. The highest BCUT2D eigenvalue weighted by molar-refractivity contribution is 5.76. The summed E-state index contributed by atoms with van der Waals surface area (Å²) in [5.41, 5.74) is 0. The number of amides is 2. The lowest BCUT2D eigenvalue weighted by Gasteiger charge is -2.21. The zero-order valence-corrected chi connectivity index (χ0v) is 11.2. The highest BCUT2D eigenvalue weighted by Crippen LogP contribution is 2.09. The highest BCUT2D eigenvalue weighted by Gasteiger charge is 2.19. The molecule has 1 saturated heterocycles. The van der Waals surface area contributed by atoms with Crippen molar-refractivity contribution in [3.05, 3.63) is 0 Å². The molecule has 0 bridgehead atoms. The fraction of sp³-hybridized carbons (Fsp3) is 0.846. The largest absolute Gasteiger partial charge is 0.341 e. The predicted octanol–water partition coefficient (Wildman–Crippen LogP) is 1.50. The number of nitrogens with zero attached hydrogens (tertiary/aromatic N) is 2. The molecule has 0 radical (unpaired) electrons. The molecule has 1 heterocycles. The summed E-state index contributed by atoms with van der Waals surface area (Å²) in [4.78, 5) is 27.0. The molecule has 17 heavy (non-hydrogen) atoms. The van der Waals surface area contributed by atoms with Crippen molar-refractivity contribution >= 4 is 11.8 Å². The van der Waals surface area contributed by atoms with E-state index >= 15 is 0 Å². The molecule has 0 aromatic carbocycles. The first-order valence-corrected chi connectivity index (χ1v) is 6.54. The SMILES string of the molecule is CC(=O)N1CCCN(C(=O)CCC(C)C)CC1. The summed E-state index contributed by atoms with van der Waals surface area (Å²) in [6.07, 6.45) is 2.48. The molecule has 0 unspecified atom stereocenters. The van der Waals surface area contributed by atoms with E-state index in [-0.39, 0.29) is 11.8 Å². The Labute approximate surface area is 104 Å². The molecule has 0 saturated carbocycles. The molecule has 1 aliphatic heterocycles. The van der Waals surface area contributed by atoms with E-state index in [0.717, 1.165) is 25.9 Å². The minimum absolute atomic E-state index is 0.112. The average molecular weight is 240 g/mol. The molecule has 0 aliphatic carbocycles. The lowest BCUT2D eigenvalue weighted by Crippen LogP contribution is -2.36. The highest BCUT2D eigenvalue weighted by atomic mass is 16.2. The lowest BCUT2D eigenvalue weighted by atomic mass is 10.1. The van der Waals surface area contributed by atoms with E-state index in [0.29, 0.717) is 25.4 Å². The van der Waals surface area contributed by atoms with Crippen molar-refractivity contribution in [2.75, 3.05) is 26.2 Å². The Morgan fingerprint density at radius 1 is 1.06 bits per heavy atom. The van der Waals surface area contributed by atoms with Gasteiger partial charge in [-0.3, -0.25) is 9.59 Å². The number of hydrogen-bond acceptors (Lipinski definition) is 2. The van der Waals surface area contributed by atoms with Gasteiger partial charge >= 0.3 is 0 Å². The van der Waals surface area contributed by atoms with Crippen LogP contribution in [0.5, 0.6) is 0 Å². The van der Waals surface area contributed by atoms with Gasteiger partial charge < -0.3 is 9.80 Å². The Bertz CT molecular complexity index is 277. The predicted molar refractivity (Wildman–Crippen MR) is 67.5 cm³/mol. The summed E-state index contributed by atoms with van der Waals surface area (Å²) in [5, 5.41) is 0. The summed E-state index contributed by atoms with van der Waals surface area (Å²) in [5.74, 6) is 0.922. The van der Waals surface area contributed by atoms with Gasteiger partial charge in [0.15, 0.2) is 0 Å². The average Bonchev–Trinajstić information content (AvgIpc) is 2.51. The molecule has 1 fully saturated rings. The number of hydrogen-bond donors (Lipinski definition) is 0. The quantitative estimate of drug-likeness (QED) is 0.750. The van der Waals surface area contributed by atoms with Gasteiger partial charge in [-0.25, -0.2) is 0 Å². The van der Waals surface area contributed by atoms with Crippen molar-refractivity contribution < 1.29 is 9.59 Å². The molecule has 0 N–H and O–H groups in total. The van der Waals surface area contributed by atoms with Crippen LogP contribution < -0.4 is 0 Å². The minimum atomic E-state index is 0.112. The van der Waals surface area contributed by atoms with Gasteiger partial charge in [0, 0.05) is 39.5 Å². The topological polar surface area (TPSA) is 40.6 Å². The fourth-order valence-electron chi connectivity index (χ4n) is 2.05. The molecule has 0 spiro atoms. The van der Waals surface area contributed by atoms with Crippen LogP contribution >= 0.6 is 0 Å². The van der Waals surface area contributed by atoms with E-state index in [1.165, 1.54) is 0 Å². The number of carbonyl (C=O) groups is 2. The van der Waals surface area contributed by atoms with E-state index in [1.807, 2.05) is 9.80 Å². The van der Waals surface area contributed by atoms with E-state index in [9.17, 15) is 9.59 Å². The molecule has 1 aliphatic rings. The van der Waals surface area contributed by atoms with Crippen LogP contribution in [-0.4, -0.2) is 47.8 Å². The van der Waals surface area contributed by atoms with Crippen LogP contribution in [0.4, 0.5) is 0 Å². The molecule has 0 atom stereocenters. The third-order valence-corrected chi connectivity index (χ3v) is 3.23. The van der Waals surface area contributed by atoms with E-state index < -0.39 is 0 Å². The van der Waals surface area contributed by atoms with Crippen molar-refractivity contribution in [3.8, 4) is 0 Å². The number of rotatable bonds is 3. The zero-order chi connectivity index (χ0) is 12.8. The summed E-state index contributed by atoms with van der Waals surface area (Å²) in [6.45, 7) is 8.81. The van der Waals surface area contributed by atoms with Gasteiger partial charge in [0.05, 0.1) is 0 Å². The van der Waals surface area contributed by atoms with Crippen LogP contribution in [0.2, 0.25) is 0 Å². The Morgan fingerprint density at radius 3 is 2.24 bits per heavy atom. The van der Waals surface area contributed by atoms with Crippen LogP contribution in [0.25, 0.3) is 0 Å². The van der Waals surface area contributed by atoms with E-state index in [2.05, 4.69) is 13.8 Å². The Kier molecular flexibility index (Phi) is 5.45. The van der Waals surface area contributed by atoms with Crippen LogP contribution in [-0.2, 0) is 9.59 Å². The maximum absolute atomic E-state index is 12.0. The van der Waals surface area contributed by atoms with Gasteiger partial charge in [0.1, 0.15) is 0 Å². The van der Waals surface area contributed by atoms with Gasteiger partial charge in [0.25, 0.3) is 0 Å². The van der Waals surface area contributed by atoms with Gasteiger partial charge in [-0.2, -0.15) is 0 Å². The normalized spacial score (nSPS) is 17.2. The maximum atomic E-state index is 12.0. The second-order valence-corrected chi connectivity index (χ2v) is 5.17. The summed E-state index contributed by atoms with van der Waals surface area (Å²) < 4.78 is 0. The van der Waals surface area contributed by atoms with Crippen molar-refractivity contribution in [2.45, 2.75) is 40.0 Å². The Hall–Kier alpha value is -1.06.